The molecule has 1 aromatic heterocycles. The van der Waals surface area contributed by atoms with Gasteiger partial charge in [-0.05, 0) is 37.3 Å². The first-order valence-corrected chi connectivity index (χ1v) is 13.6. The lowest BCUT2D eigenvalue weighted by Gasteiger charge is -2.38. The molecule has 0 spiro atoms. The van der Waals surface area contributed by atoms with Gasteiger partial charge in [0, 0.05) is 32.1 Å². The largest absolute Gasteiger partial charge is 0.343 e. The van der Waals surface area contributed by atoms with Crippen molar-refractivity contribution in [3.63, 3.8) is 0 Å². The fraction of sp³-hybridized carbons (Fsp3) is 0.577. The van der Waals surface area contributed by atoms with Crippen molar-refractivity contribution in [1.29, 1.82) is 0 Å². The molecule has 1 aromatic carbocycles. The normalized spacial score (nSPS) is 20.0. The molecule has 0 bridgehead atoms. The van der Waals surface area contributed by atoms with E-state index in [0.717, 1.165) is 10.1 Å². The number of fused-ring (bicyclic) bond motifs is 1. The van der Waals surface area contributed by atoms with Crippen LogP contribution in [0.25, 0.3) is 0 Å². The van der Waals surface area contributed by atoms with Crippen molar-refractivity contribution >= 4 is 34.2 Å². The Balaban J connectivity index is 1.26. The van der Waals surface area contributed by atoms with E-state index in [9.17, 15) is 14.4 Å². The number of hydrogen-bond acceptors (Lipinski definition) is 7. The summed E-state index contributed by atoms with van der Waals surface area (Å²) in [4.78, 5) is 45.0. The highest BCUT2D eigenvalue weighted by atomic mass is 32.1. The predicted octanol–water partition coefficient (Wildman–Crippen LogP) is 3.95. The van der Waals surface area contributed by atoms with E-state index in [2.05, 4.69) is 15.1 Å². The zero-order valence-corrected chi connectivity index (χ0v) is 21.3. The van der Waals surface area contributed by atoms with Gasteiger partial charge in [0.15, 0.2) is 0 Å². The molecule has 3 aliphatic rings. The second-order valence-corrected chi connectivity index (χ2v) is 11.2. The van der Waals surface area contributed by atoms with Crippen LogP contribution in [0.2, 0.25) is 0 Å². The average Bonchev–Trinajstić information content (AvgIpc) is 3.47. The highest BCUT2D eigenvalue weighted by Gasteiger charge is 2.44. The number of hydrogen-bond donors (Lipinski definition) is 0. The van der Waals surface area contributed by atoms with E-state index in [0.29, 0.717) is 49.6 Å². The zero-order valence-electron chi connectivity index (χ0n) is 20.5. The third kappa shape index (κ3) is 4.70. The number of amides is 3. The van der Waals surface area contributed by atoms with E-state index < -0.39 is 6.04 Å². The number of carbonyl (C=O) groups excluding carboxylic acids is 3. The molecule has 2 fully saturated rings. The highest BCUT2D eigenvalue weighted by molar-refractivity contribution is 7.15. The maximum atomic E-state index is 13.7. The fourth-order valence-corrected chi connectivity index (χ4v) is 6.52. The minimum absolute atomic E-state index is 0.145. The summed E-state index contributed by atoms with van der Waals surface area (Å²) >= 11 is 1.69. The molecule has 1 unspecified atom stereocenters. The summed E-state index contributed by atoms with van der Waals surface area (Å²) in [6, 6.07) is 6.04. The van der Waals surface area contributed by atoms with Gasteiger partial charge in [-0.15, -0.1) is 10.2 Å². The van der Waals surface area contributed by atoms with Crippen LogP contribution in [-0.4, -0.2) is 69.9 Å². The van der Waals surface area contributed by atoms with Gasteiger partial charge in [0.25, 0.3) is 11.8 Å². The first kappa shape index (κ1) is 23.9. The van der Waals surface area contributed by atoms with Gasteiger partial charge < -0.3 is 9.80 Å². The lowest BCUT2D eigenvalue weighted by molar-refractivity contribution is -0.136. The highest BCUT2D eigenvalue weighted by Crippen LogP contribution is 2.36. The molecule has 186 valence electrons. The molecule has 0 N–H and O–H groups in total. The lowest BCUT2D eigenvalue weighted by Crippen LogP contribution is -2.56. The Morgan fingerprint density at radius 2 is 1.60 bits per heavy atom. The van der Waals surface area contributed by atoms with E-state index in [1.54, 1.807) is 40.5 Å². The lowest BCUT2D eigenvalue weighted by atomic mass is 9.90. The molecule has 3 heterocycles. The summed E-state index contributed by atoms with van der Waals surface area (Å²) in [5.74, 6) is -0.184. The minimum atomic E-state index is -0.784. The molecule has 5 rings (SSSR count). The Morgan fingerprint density at radius 1 is 0.971 bits per heavy atom. The standard InChI is InChI=1S/C26H33N5O3S/c1-17(2)16-21(31-23(32)19-10-6-7-11-20(19)24(31)33)25(34)29-12-14-30(15-13-29)26-28-27-22(35-26)18-8-4-3-5-9-18/h6-7,10-11,17-18,21H,3-5,8-9,12-16H2,1-2H3. The Morgan fingerprint density at radius 3 is 2.20 bits per heavy atom. The maximum absolute atomic E-state index is 13.7. The van der Waals surface area contributed by atoms with Crippen molar-refractivity contribution in [1.82, 2.24) is 20.0 Å². The van der Waals surface area contributed by atoms with E-state index >= 15 is 0 Å². The van der Waals surface area contributed by atoms with Crippen LogP contribution in [0.3, 0.4) is 0 Å². The van der Waals surface area contributed by atoms with Crippen molar-refractivity contribution < 1.29 is 14.4 Å². The molecule has 8 nitrogen and oxygen atoms in total. The molecule has 1 atom stereocenters. The van der Waals surface area contributed by atoms with E-state index in [1.807, 2.05) is 13.8 Å². The summed E-state index contributed by atoms with van der Waals surface area (Å²) in [7, 11) is 0. The summed E-state index contributed by atoms with van der Waals surface area (Å²) < 4.78 is 0. The van der Waals surface area contributed by atoms with Crippen LogP contribution in [0.4, 0.5) is 5.13 Å². The number of carbonyl (C=O) groups is 3. The number of piperazine rings is 1. The van der Waals surface area contributed by atoms with Gasteiger partial charge in [-0.25, -0.2) is 0 Å². The topological polar surface area (TPSA) is 86.7 Å². The van der Waals surface area contributed by atoms with E-state index in [4.69, 9.17) is 0 Å². The van der Waals surface area contributed by atoms with Crippen molar-refractivity contribution in [2.45, 2.75) is 64.3 Å². The smallest absolute Gasteiger partial charge is 0.262 e. The van der Waals surface area contributed by atoms with Gasteiger partial charge in [0.05, 0.1) is 11.1 Å². The van der Waals surface area contributed by atoms with Crippen LogP contribution < -0.4 is 4.90 Å². The summed E-state index contributed by atoms with van der Waals surface area (Å²) in [5, 5.41) is 11.0. The number of rotatable bonds is 6. The first-order chi connectivity index (χ1) is 16.9. The molecule has 2 aliphatic heterocycles. The Hall–Kier alpha value is -2.81. The second-order valence-electron chi connectivity index (χ2n) is 10.2. The SMILES string of the molecule is CC(C)CC(C(=O)N1CCN(c2nnc(C3CCCCC3)s2)CC1)N1C(=O)c2ccccc2C1=O. The Kier molecular flexibility index (Phi) is 6.86. The molecule has 1 saturated carbocycles. The molecule has 9 heteroatoms. The van der Waals surface area contributed by atoms with Crippen LogP contribution in [-0.2, 0) is 4.79 Å². The number of benzene rings is 1. The molecular formula is C26H33N5O3S. The van der Waals surface area contributed by atoms with E-state index in [-0.39, 0.29) is 23.6 Å². The van der Waals surface area contributed by atoms with E-state index in [1.165, 1.54) is 37.0 Å². The zero-order chi connectivity index (χ0) is 24.5. The average molecular weight is 496 g/mol. The van der Waals surface area contributed by atoms with Gasteiger partial charge >= 0.3 is 0 Å². The molecule has 35 heavy (non-hydrogen) atoms. The minimum Gasteiger partial charge on any atom is -0.343 e. The molecule has 2 aromatic rings. The second kappa shape index (κ2) is 10.0. The summed E-state index contributed by atoms with van der Waals surface area (Å²) in [6.07, 6.45) is 6.70. The summed E-state index contributed by atoms with van der Waals surface area (Å²) in [6.45, 7) is 6.43. The number of imide groups is 1. The van der Waals surface area contributed by atoms with Gasteiger partial charge in [-0.3, -0.25) is 19.3 Å². The first-order valence-electron chi connectivity index (χ1n) is 12.8. The third-order valence-electron chi connectivity index (χ3n) is 7.36. The van der Waals surface area contributed by atoms with Gasteiger partial charge in [-0.2, -0.15) is 0 Å². The fourth-order valence-electron chi connectivity index (χ4n) is 5.45. The Bertz CT molecular complexity index is 1070. The van der Waals surface area contributed by atoms with Crippen LogP contribution in [0.15, 0.2) is 24.3 Å². The van der Waals surface area contributed by atoms with Crippen LogP contribution in [0, 0.1) is 5.92 Å². The number of anilines is 1. The van der Waals surface area contributed by atoms with Crippen molar-refractivity contribution in [3.05, 3.63) is 40.4 Å². The van der Waals surface area contributed by atoms with Crippen LogP contribution in [0.5, 0.6) is 0 Å². The Labute approximate surface area is 210 Å². The predicted molar refractivity (Wildman–Crippen MR) is 135 cm³/mol. The molecule has 1 aliphatic carbocycles. The molecular weight excluding hydrogens is 462 g/mol. The maximum Gasteiger partial charge on any atom is 0.262 e. The third-order valence-corrected chi connectivity index (χ3v) is 8.51. The van der Waals surface area contributed by atoms with Crippen LogP contribution >= 0.6 is 11.3 Å². The monoisotopic (exact) mass is 495 g/mol. The van der Waals surface area contributed by atoms with Gasteiger partial charge in [0.2, 0.25) is 11.0 Å². The number of aromatic nitrogens is 2. The van der Waals surface area contributed by atoms with Crippen molar-refractivity contribution in [2.75, 3.05) is 31.1 Å². The van der Waals surface area contributed by atoms with Gasteiger partial charge in [0.1, 0.15) is 11.0 Å². The number of nitrogens with zero attached hydrogens (tertiary/aromatic N) is 5. The molecule has 0 radical (unpaired) electrons. The quantitative estimate of drug-likeness (QED) is 0.564. The van der Waals surface area contributed by atoms with Crippen molar-refractivity contribution in [2.24, 2.45) is 5.92 Å². The van der Waals surface area contributed by atoms with Crippen molar-refractivity contribution in [3.8, 4) is 0 Å². The van der Waals surface area contributed by atoms with Crippen LogP contribution in [0.1, 0.15) is 84.0 Å². The van der Waals surface area contributed by atoms with Gasteiger partial charge in [-0.1, -0.05) is 56.6 Å². The molecule has 1 saturated heterocycles. The summed E-state index contributed by atoms with van der Waals surface area (Å²) in [5.41, 5.74) is 0.767. The molecule has 3 amide bonds.